The van der Waals surface area contributed by atoms with Gasteiger partial charge in [0, 0.05) is 11.8 Å². The van der Waals surface area contributed by atoms with E-state index in [0.29, 0.717) is 11.4 Å². The average Bonchev–Trinajstić information content (AvgIpc) is 2.59. The number of hydrogen-bond donors (Lipinski definition) is 2. The van der Waals surface area contributed by atoms with Crippen molar-refractivity contribution in [3.8, 4) is 5.75 Å². The van der Waals surface area contributed by atoms with E-state index in [9.17, 15) is 18.0 Å². The van der Waals surface area contributed by atoms with Crippen LogP contribution < -0.4 is 15.2 Å². The van der Waals surface area contributed by atoms with Crippen LogP contribution >= 0.6 is 11.6 Å². The van der Waals surface area contributed by atoms with Crippen molar-refractivity contribution in [2.24, 2.45) is 5.14 Å². The number of benzene rings is 2. The van der Waals surface area contributed by atoms with Crippen LogP contribution in [0.2, 0.25) is 5.02 Å². The van der Waals surface area contributed by atoms with Gasteiger partial charge in [0.05, 0.1) is 22.6 Å². The number of sulfonamides is 1. The van der Waals surface area contributed by atoms with E-state index in [2.05, 4.69) is 5.32 Å². The highest BCUT2D eigenvalue weighted by atomic mass is 35.5. The second kappa shape index (κ2) is 8.17. The molecule has 0 heterocycles. The van der Waals surface area contributed by atoms with Crippen LogP contribution in [-0.2, 0) is 19.6 Å². The molecule has 0 atom stereocenters. The Hall–Kier alpha value is -2.62. The lowest BCUT2D eigenvalue weighted by atomic mass is 10.2. The summed E-state index contributed by atoms with van der Waals surface area (Å²) in [4.78, 5) is 23.6. The SMILES string of the molecule is COc1cccc(NC(=O)COC(=O)c2cc(S(N)(=O)=O)ccc2Cl)c1. The maximum Gasteiger partial charge on any atom is 0.340 e. The molecule has 0 fully saturated rings. The van der Waals surface area contributed by atoms with Gasteiger partial charge in [-0.1, -0.05) is 17.7 Å². The lowest BCUT2D eigenvalue weighted by Crippen LogP contribution is -2.21. The molecule has 138 valence electrons. The molecule has 2 aromatic carbocycles. The third kappa shape index (κ3) is 5.19. The zero-order chi connectivity index (χ0) is 19.3. The van der Waals surface area contributed by atoms with Crippen molar-refractivity contribution in [2.75, 3.05) is 19.0 Å². The van der Waals surface area contributed by atoms with Gasteiger partial charge in [-0.15, -0.1) is 0 Å². The second-order valence-corrected chi connectivity index (χ2v) is 7.01. The Balaban J connectivity index is 2.03. The third-order valence-corrected chi connectivity index (χ3v) is 4.41. The van der Waals surface area contributed by atoms with Gasteiger partial charge in [-0.05, 0) is 30.3 Å². The molecule has 0 bridgehead atoms. The van der Waals surface area contributed by atoms with E-state index in [1.165, 1.54) is 13.2 Å². The van der Waals surface area contributed by atoms with Crippen LogP contribution in [0.15, 0.2) is 47.4 Å². The Morgan fingerprint density at radius 1 is 1.19 bits per heavy atom. The molecule has 0 aromatic heterocycles. The van der Waals surface area contributed by atoms with E-state index in [0.717, 1.165) is 12.1 Å². The normalized spacial score (nSPS) is 10.9. The number of carbonyl (C=O) groups is 2. The van der Waals surface area contributed by atoms with E-state index < -0.39 is 28.5 Å². The van der Waals surface area contributed by atoms with Crippen LogP contribution in [-0.4, -0.2) is 34.0 Å². The molecule has 0 radical (unpaired) electrons. The monoisotopic (exact) mass is 398 g/mol. The molecule has 2 rings (SSSR count). The molecular formula is C16H15ClN2O6S. The summed E-state index contributed by atoms with van der Waals surface area (Å²) in [7, 11) is -2.52. The molecule has 10 heteroatoms. The highest BCUT2D eigenvalue weighted by molar-refractivity contribution is 7.89. The lowest BCUT2D eigenvalue weighted by Gasteiger charge is -2.09. The lowest BCUT2D eigenvalue weighted by molar-refractivity contribution is -0.119. The van der Waals surface area contributed by atoms with E-state index in [-0.39, 0.29) is 15.5 Å². The number of rotatable bonds is 6. The molecule has 0 aliphatic rings. The van der Waals surface area contributed by atoms with Crippen molar-refractivity contribution in [1.29, 1.82) is 0 Å². The summed E-state index contributed by atoms with van der Waals surface area (Å²) in [6.07, 6.45) is 0. The molecule has 26 heavy (non-hydrogen) atoms. The Bertz CT molecular complexity index is 946. The predicted octanol–water partition coefficient (Wildman–Crippen LogP) is 1.79. The van der Waals surface area contributed by atoms with Gasteiger partial charge in [0.15, 0.2) is 6.61 Å². The van der Waals surface area contributed by atoms with Crippen LogP contribution in [0.25, 0.3) is 0 Å². The maximum atomic E-state index is 12.1. The predicted molar refractivity (Wildman–Crippen MR) is 94.7 cm³/mol. The first-order chi connectivity index (χ1) is 12.2. The van der Waals surface area contributed by atoms with Gasteiger partial charge < -0.3 is 14.8 Å². The summed E-state index contributed by atoms with van der Waals surface area (Å²) in [6.45, 7) is -0.591. The topological polar surface area (TPSA) is 125 Å². The van der Waals surface area contributed by atoms with Crippen molar-refractivity contribution in [3.05, 3.63) is 53.1 Å². The van der Waals surface area contributed by atoms with Gasteiger partial charge in [0.2, 0.25) is 10.0 Å². The summed E-state index contributed by atoms with van der Waals surface area (Å²) in [5.41, 5.74) is 0.243. The molecule has 2 aromatic rings. The van der Waals surface area contributed by atoms with Crippen LogP contribution in [0.3, 0.4) is 0 Å². The molecule has 0 spiro atoms. The van der Waals surface area contributed by atoms with Gasteiger partial charge in [-0.25, -0.2) is 18.4 Å². The zero-order valence-electron chi connectivity index (χ0n) is 13.6. The minimum absolute atomic E-state index is 0.0318. The molecule has 0 unspecified atom stereocenters. The van der Waals surface area contributed by atoms with Crippen molar-refractivity contribution >= 4 is 39.2 Å². The number of anilines is 1. The number of amides is 1. The van der Waals surface area contributed by atoms with Gasteiger partial charge in [0.25, 0.3) is 5.91 Å². The van der Waals surface area contributed by atoms with Gasteiger partial charge in [0.1, 0.15) is 5.75 Å². The van der Waals surface area contributed by atoms with E-state index in [4.69, 9.17) is 26.2 Å². The van der Waals surface area contributed by atoms with Crippen LogP contribution in [0.4, 0.5) is 5.69 Å². The fraction of sp³-hybridized carbons (Fsp3) is 0.125. The molecule has 0 saturated heterocycles. The van der Waals surface area contributed by atoms with E-state index in [1.807, 2.05) is 0 Å². The molecule has 8 nitrogen and oxygen atoms in total. The van der Waals surface area contributed by atoms with E-state index in [1.54, 1.807) is 24.3 Å². The smallest absolute Gasteiger partial charge is 0.340 e. The van der Waals surface area contributed by atoms with Crippen LogP contribution in [0, 0.1) is 0 Å². The summed E-state index contributed by atoms with van der Waals surface area (Å²) in [6, 6.07) is 9.95. The minimum Gasteiger partial charge on any atom is -0.497 e. The molecule has 0 aliphatic carbocycles. The number of methoxy groups -OCH3 is 1. The largest absolute Gasteiger partial charge is 0.497 e. The molecule has 1 amide bonds. The first kappa shape index (κ1) is 19.7. The van der Waals surface area contributed by atoms with Crippen molar-refractivity contribution in [2.45, 2.75) is 4.90 Å². The molecule has 0 aliphatic heterocycles. The van der Waals surface area contributed by atoms with Gasteiger partial charge in [-0.3, -0.25) is 4.79 Å². The highest BCUT2D eigenvalue weighted by Crippen LogP contribution is 2.21. The number of esters is 1. The highest BCUT2D eigenvalue weighted by Gasteiger charge is 2.18. The molecular weight excluding hydrogens is 384 g/mol. The zero-order valence-corrected chi connectivity index (χ0v) is 15.1. The van der Waals surface area contributed by atoms with Crippen molar-refractivity contribution in [3.63, 3.8) is 0 Å². The summed E-state index contributed by atoms with van der Waals surface area (Å²) in [5.74, 6) is -1.00. The summed E-state index contributed by atoms with van der Waals surface area (Å²) >= 11 is 5.87. The molecule has 0 saturated carbocycles. The number of nitrogens with two attached hydrogens (primary N) is 1. The van der Waals surface area contributed by atoms with Gasteiger partial charge in [-0.2, -0.15) is 0 Å². The maximum absolute atomic E-state index is 12.1. The summed E-state index contributed by atoms with van der Waals surface area (Å²) in [5, 5.41) is 7.51. The Labute approximate surface area is 154 Å². The van der Waals surface area contributed by atoms with Crippen molar-refractivity contribution in [1.82, 2.24) is 0 Å². The van der Waals surface area contributed by atoms with E-state index >= 15 is 0 Å². The van der Waals surface area contributed by atoms with Crippen LogP contribution in [0.1, 0.15) is 10.4 Å². The third-order valence-electron chi connectivity index (χ3n) is 3.17. The fourth-order valence-electron chi connectivity index (χ4n) is 1.94. The Morgan fingerprint density at radius 3 is 2.58 bits per heavy atom. The van der Waals surface area contributed by atoms with Crippen LogP contribution in [0.5, 0.6) is 5.75 Å². The Kier molecular flexibility index (Phi) is 6.19. The standard InChI is InChI=1S/C16H15ClN2O6S/c1-24-11-4-2-3-10(7-11)19-15(20)9-25-16(21)13-8-12(26(18,22)23)5-6-14(13)17/h2-8H,9H2,1H3,(H,19,20)(H2,18,22,23). The summed E-state index contributed by atoms with van der Waals surface area (Å²) < 4.78 is 32.6. The average molecular weight is 399 g/mol. The first-order valence-corrected chi connectivity index (χ1v) is 9.06. The van der Waals surface area contributed by atoms with Crippen molar-refractivity contribution < 1.29 is 27.5 Å². The fourth-order valence-corrected chi connectivity index (χ4v) is 2.68. The number of halogens is 1. The first-order valence-electron chi connectivity index (χ1n) is 7.14. The second-order valence-electron chi connectivity index (χ2n) is 5.04. The number of nitrogens with one attached hydrogen (secondary N) is 1. The van der Waals surface area contributed by atoms with Gasteiger partial charge >= 0.3 is 5.97 Å². The number of carbonyl (C=O) groups excluding carboxylic acids is 2. The number of hydrogen-bond acceptors (Lipinski definition) is 6. The minimum atomic E-state index is -4.01. The number of ether oxygens (including phenoxy) is 2. The quantitative estimate of drug-likeness (QED) is 0.714. The number of primary sulfonamides is 1. The Morgan fingerprint density at radius 2 is 1.92 bits per heavy atom. The molecule has 3 N–H and O–H groups in total.